The highest BCUT2D eigenvalue weighted by molar-refractivity contribution is 5.64. The number of rotatable bonds is 4. The second-order valence-corrected chi connectivity index (χ2v) is 5.13. The van der Waals surface area contributed by atoms with Gasteiger partial charge in [0.2, 0.25) is 0 Å². The van der Waals surface area contributed by atoms with Crippen molar-refractivity contribution >= 4 is 12.2 Å². The topological polar surface area (TPSA) is 92.5 Å². The SMILES string of the molecule is C/C(=C/c1ccccc1O)C(N)/C(N)=C/c1ccccc1O. The van der Waals surface area contributed by atoms with Gasteiger partial charge in [0.25, 0.3) is 0 Å². The maximum absolute atomic E-state index is 9.79. The zero-order valence-electron chi connectivity index (χ0n) is 12.4. The first-order valence-corrected chi connectivity index (χ1v) is 6.96. The highest BCUT2D eigenvalue weighted by atomic mass is 16.3. The van der Waals surface area contributed by atoms with E-state index in [4.69, 9.17) is 11.5 Å². The molecule has 2 aromatic carbocycles. The van der Waals surface area contributed by atoms with E-state index in [2.05, 4.69) is 0 Å². The van der Waals surface area contributed by atoms with Crippen LogP contribution in [0.2, 0.25) is 0 Å². The first-order valence-electron chi connectivity index (χ1n) is 6.96. The first kappa shape index (κ1) is 15.7. The van der Waals surface area contributed by atoms with Crippen molar-refractivity contribution in [2.75, 3.05) is 0 Å². The van der Waals surface area contributed by atoms with E-state index in [9.17, 15) is 10.2 Å². The maximum Gasteiger partial charge on any atom is 0.122 e. The summed E-state index contributed by atoms with van der Waals surface area (Å²) in [6.07, 6.45) is 3.45. The molecule has 1 unspecified atom stereocenters. The normalized spacial score (nSPS) is 13.9. The lowest BCUT2D eigenvalue weighted by Crippen LogP contribution is -2.28. The van der Waals surface area contributed by atoms with Crippen molar-refractivity contribution in [3.8, 4) is 11.5 Å². The molecule has 4 heteroatoms. The molecule has 0 fully saturated rings. The average molecular weight is 296 g/mol. The third-order valence-corrected chi connectivity index (χ3v) is 3.43. The Morgan fingerprint density at radius 3 is 1.86 bits per heavy atom. The molecule has 0 aliphatic rings. The van der Waals surface area contributed by atoms with Gasteiger partial charge in [-0.2, -0.15) is 0 Å². The fraction of sp³-hybridized carbons (Fsp3) is 0.111. The number of hydrogen-bond acceptors (Lipinski definition) is 4. The minimum Gasteiger partial charge on any atom is -0.507 e. The summed E-state index contributed by atoms with van der Waals surface area (Å²) < 4.78 is 0. The van der Waals surface area contributed by atoms with Crippen molar-refractivity contribution in [3.05, 3.63) is 70.9 Å². The summed E-state index contributed by atoms with van der Waals surface area (Å²) in [5.41, 5.74) is 14.7. The van der Waals surface area contributed by atoms with Crippen LogP contribution in [0.3, 0.4) is 0 Å². The van der Waals surface area contributed by atoms with Crippen molar-refractivity contribution in [2.24, 2.45) is 11.5 Å². The summed E-state index contributed by atoms with van der Waals surface area (Å²) in [6.45, 7) is 1.85. The number of para-hydroxylation sites is 2. The summed E-state index contributed by atoms with van der Waals surface area (Å²) in [7, 11) is 0. The molecule has 1 atom stereocenters. The molecule has 22 heavy (non-hydrogen) atoms. The van der Waals surface area contributed by atoms with Gasteiger partial charge in [-0.05, 0) is 25.1 Å². The van der Waals surface area contributed by atoms with Crippen LogP contribution in [0.4, 0.5) is 0 Å². The molecule has 2 aromatic rings. The Morgan fingerprint density at radius 2 is 1.36 bits per heavy atom. The molecule has 6 N–H and O–H groups in total. The summed E-state index contributed by atoms with van der Waals surface area (Å²) >= 11 is 0. The van der Waals surface area contributed by atoms with Crippen molar-refractivity contribution in [1.29, 1.82) is 0 Å². The van der Waals surface area contributed by atoms with E-state index in [1.807, 2.05) is 19.1 Å². The minimum absolute atomic E-state index is 0.153. The van der Waals surface area contributed by atoms with Gasteiger partial charge in [-0.15, -0.1) is 0 Å². The lowest BCUT2D eigenvalue weighted by molar-refractivity contribution is 0.473. The van der Waals surface area contributed by atoms with Crippen molar-refractivity contribution in [3.63, 3.8) is 0 Å². The van der Waals surface area contributed by atoms with Crippen LogP contribution in [0.5, 0.6) is 11.5 Å². The van der Waals surface area contributed by atoms with E-state index in [-0.39, 0.29) is 11.5 Å². The Morgan fingerprint density at radius 1 is 0.909 bits per heavy atom. The smallest absolute Gasteiger partial charge is 0.122 e. The van der Waals surface area contributed by atoms with E-state index >= 15 is 0 Å². The molecule has 0 heterocycles. The van der Waals surface area contributed by atoms with Gasteiger partial charge < -0.3 is 21.7 Å². The number of phenolic OH excluding ortho intramolecular Hbond substituents is 2. The fourth-order valence-corrected chi connectivity index (χ4v) is 2.09. The van der Waals surface area contributed by atoms with Gasteiger partial charge in [0.05, 0.1) is 6.04 Å². The Hall–Kier alpha value is -2.72. The Bertz CT molecular complexity index is 659. The minimum atomic E-state index is -0.501. The van der Waals surface area contributed by atoms with Crippen molar-refractivity contribution < 1.29 is 10.2 Å². The predicted octanol–water partition coefficient (Wildman–Crippen LogP) is 2.83. The van der Waals surface area contributed by atoms with Gasteiger partial charge in [0.1, 0.15) is 11.5 Å². The second kappa shape index (κ2) is 6.83. The van der Waals surface area contributed by atoms with E-state index in [1.165, 1.54) is 0 Å². The number of phenols is 2. The summed E-state index contributed by atoms with van der Waals surface area (Å²) in [6, 6.07) is 13.4. The summed E-state index contributed by atoms with van der Waals surface area (Å²) in [4.78, 5) is 0. The van der Waals surface area contributed by atoms with Crippen LogP contribution < -0.4 is 11.5 Å². The number of nitrogens with two attached hydrogens (primary N) is 2. The maximum atomic E-state index is 9.79. The highest BCUT2D eigenvalue weighted by Gasteiger charge is 2.10. The third-order valence-electron chi connectivity index (χ3n) is 3.43. The molecule has 0 bridgehead atoms. The van der Waals surface area contributed by atoms with Crippen molar-refractivity contribution in [2.45, 2.75) is 13.0 Å². The molecule has 0 saturated heterocycles. The van der Waals surface area contributed by atoms with Gasteiger partial charge >= 0.3 is 0 Å². The van der Waals surface area contributed by atoms with Crippen LogP contribution in [-0.4, -0.2) is 16.3 Å². The van der Waals surface area contributed by atoms with Gasteiger partial charge in [-0.3, -0.25) is 0 Å². The van der Waals surface area contributed by atoms with Gasteiger partial charge in [0.15, 0.2) is 0 Å². The molecule has 114 valence electrons. The molecule has 0 amide bonds. The number of aromatic hydroxyl groups is 2. The van der Waals surface area contributed by atoms with E-state index < -0.39 is 6.04 Å². The zero-order valence-corrected chi connectivity index (χ0v) is 12.4. The summed E-state index contributed by atoms with van der Waals surface area (Å²) in [5, 5.41) is 19.5. The fourth-order valence-electron chi connectivity index (χ4n) is 2.09. The molecule has 2 rings (SSSR count). The molecule has 0 aliphatic heterocycles. The van der Waals surface area contributed by atoms with Gasteiger partial charge in [-0.1, -0.05) is 48.0 Å². The molecule has 0 aliphatic carbocycles. The number of hydrogen-bond donors (Lipinski definition) is 4. The monoisotopic (exact) mass is 296 g/mol. The van der Waals surface area contributed by atoms with Crippen LogP contribution in [0.25, 0.3) is 12.2 Å². The van der Waals surface area contributed by atoms with Crippen molar-refractivity contribution in [1.82, 2.24) is 0 Å². The highest BCUT2D eigenvalue weighted by Crippen LogP contribution is 2.22. The largest absolute Gasteiger partial charge is 0.507 e. The molecule has 4 nitrogen and oxygen atoms in total. The van der Waals surface area contributed by atoms with Crippen LogP contribution >= 0.6 is 0 Å². The Balaban J connectivity index is 2.25. The Labute approximate surface area is 130 Å². The molecule has 0 radical (unpaired) electrons. The van der Waals surface area contributed by atoms with E-state index in [0.29, 0.717) is 16.8 Å². The molecule has 0 aromatic heterocycles. The van der Waals surface area contributed by atoms with Crippen LogP contribution in [0, 0.1) is 0 Å². The average Bonchev–Trinajstić information content (AvgIpc) is 2.51. The quantitative estimate of drug-likeness (QED) is 0.698. The predicted molar refractivity (Wildman–Crippen MR) is 90.0 cm³/mol. The second-order valence-electron chi connectivity index (χ2n) is 5.13. The zero-order chi connectivity index (χ0) is 16.1. The lowest BCUT2D eigenvalue weighted by atomic mass is 10.0. The molecule has 0 spiro atoms. The molecular formula is C18H20N2O2. The van der Waals surface area contributed by atoms with E-state index in [1.54, 1.807) is 48.6 Å². The van der Waals surface area contributed by atoms with Gasteiger partial charge in [0, 0.05) is 16.8 Å². The summed E-state index contributed by atoms with van der Waals surface area (Å²) in [5.74, 6) is 0.345. The van der Waals surface area contributed by atoms with Gasteiger partial charge in [-0.25, -0.2) is 0 Å². The first-order chi connectivity index (χ1) is 10.5. The Kier molecular flexibility index (Phi) is 4.86. The van der Waals surface area contributed by atoms with Crippen LogP contribution in [0.1, 0.15) is 18.1 Å². The molecular weight excluding hydrogens is 276 g/mol. The lowest BCUT2D eigenvalue weighted by Gasteiger charge is -2.14. The standard InChI is InChI=1S/C18H20N2O2/c1-12(10-13-6-2-4-8-16(13)21)18(20)15(19)11-14-7-3-5-9-17(14)22/h2-11,18,21-22H,19-20H2,1H3/b12-10-,15-11-. The van der Waals surface area contributed by atoms with E-state index in [0.717, 1.165) is 5.57 Å². The third kappa shape index (κ3) is 3.68. The van der Waals surface area contributed by atoms with Crippen LogP contribution in [0.15, 0.2) is 59.8 Å². The van der Waals surface area contributed by atoms with Crippen LogP contribution in [-0.2, 0) is 0 Å². The number of benzene rings is 2. The molecule has 0 saturated carbocycles.